The second-order valence-corrected chi connectivity index (χ2v) is 6.74. The number of hydrogen-bond acceptors (Lipinski definition) is 5. The molecule has 2 N–H and O–H groups in total. The number of nitrogens with zero attached hydrogens (tertiary/aromatic N) is 2. The Morgan fingerprint density at radius 2 is 1.73 bits per heavy atom. The van der Waals surface area contributed by atoms with Crippen molar-refractivity contribution in [2.45, 2.75) is 12.7 Å². The molecule has 2 amide bonds. The van der Waals surface area contributed by atoms with E-state index in [1.54, 1.807) is 0 Å². The summed E-state index contributed by atoms with van der Waals surface area (Å²) in [5.41, 5.74) is -2.09. The lowest BCUT2D eigenvalue weighted by molar-refractivity contribution is -0.385. The molecule has 0 bridgehead atoms. The molecule has 0 fully saturated rings. The number of halogens is 3. The lowest BCUT2D eigenvalue weighted by Gasteiger charge is -2.13. The highest BCUT2D eigenvalue weighted by atomic mass is 19.4. The Balaban J connectivity index is 1.78. The number of para-hydroxylation sites is 1. The number of benzene rings is 2. The number of hydrogen-bond donors (Lipinski definition) is 2. The SMILES string of the molecule is O=C(Cn1cc([N+](=O)[O-])ccc1=O)Nc1ccccc1C(=O)Nc1cccc(C(F)(F)F)c1. The van der Waals surface area contributed by atoms with Crippen LogP contribution in [0.2, 0.25) is 0 Å². The van der Waals surface area contributed by atoms with Crippen molar-refractivity contribution < 1.29 is 27.7 Å². The molecule has 0 aliphatic heterocycles. The van der Waals surface area contributed by atoms with Gasteiger partial charge >= 0.3 is 6.18 Å². The van der Waals surface area contributed by atoms with E-state index in [2.05, 4.69) is 10.6 Å². The van der Waals surface area contributed by atoms with Gasteiger partial charge in [0.25, 0.3) is 17.2 Å². The van der Waals surface area contributed by atoms with Crippen LogP contribution in [0.4, 0.5) is 30.2 Å². The van der Waals surface area contributed by atoms with Gasteiger partial charge in [0.1, 0.15) is 6.54 Å². The van der Waals surface area contributed by atoms with Gasteiger partial charge in [-0.2, -0.15) is 13.2 Å². The molecule has 0 spiro atoms. The van der Waals surface area contributed by atoms with Gasteiger partial charge in [-0.1, -0.05) is 18.2 Å². The van der Waals surface area contributed by atoms with E-state index in [0.717, 1.165) is 41.1 Å². The number of nitro groups is 1. The van der Waals surface area contributed by atoms with Crippen molar-refractivity contribution in [3.05, 3.63) is 98.5 Å². The maximum absolute atomic E-state index is 12.9. The number of nitrogens with one attached hydrogen (secondary N) is 2. The fraction of sp³-hybridized carbons (Fsp3) is 0.0952. The number of pyridine rings is 1. The molecular formula is C21H15F3N4O5. The predicted octanol–water partition coefficient (Wildman–Crippen LogP) is 3.67. The second kappa shape index (κ2) is 9.34. The number of amides is 2. The van der Waals surface area contributed by atoms with E-state index in [1.165, 1.54) is 30.3 Å². The third-order valence-electron chi connectivity index (χ3n) is 4.39. The summed E-state index contributed by atoms with van der Waals surface area (Å²) in [6, 6.07) is 11.7. The molecule has 0 saturated carbocycles. The maximum Gasteiger partial charge on any atom is 0.416 e. The Bertz CT molecular complexity index is 1290. The highest BCUT2D eigenvalue weighted by Gasteiger charge is 2.30. The summed E-state index contributed by atoms with van der Waals surface area (Å²) in [7, 11) is 0. The topological polar surface area (TPSA) is 123 Å². The first kappa shape index (κ1) is 23.2. The largest absolute Gasteiger partial charge is 0.416 e. The third-order valence-corrected chi connectivity index (χ3v) is 4.39. The zero-order valence-corrected chi connectivity index (χ0v) is 16.6. The van der Waals surface area contributed by atoms with E-state index in [4.69, 9.17) is 0 Å². The molecule has 12 heteroatoms. The van der Waals surface area contributed by atoms with Gasteiger partial charge in [-0.15, -0.1) is 0 Å². The maximum atomic E-state index is 12.9. The Kier molecular flexibility index (Phi) is 6.56. The summed E-state index contributed by atoms with van der Waals surface area (Å²) in [6.45, 7) is -0.565. The molecule has 0 atom stereocenters. The summed E-state index contributed by atoms with van der Waals surface area (Å²) in [5, 5.41) is 15.6. The number of alkyl halides is 3. The van der Waals surface area contributed by atoms with Crippen LogP contribution in [0.5, 0.6) is 0 Å². The molecule has 1 aromatic heterocycles. The first-order chi connectivity index (χ1) is 15.5. The molecule has 0 unspecified atom stereocenters. The average Bonchev–Trinajstić information content (AvgIpc) is 2.75. The highest BCUT2D eigenvalue weighted by molar-refractivity contribution is 6.10. The van der Waals surface area contributed by atoms with Gasteiger partial charge < -0.3 is 10.6 Å². The smallest absolute Gasteiger partial charge is 0.324 e. The summed E-state index contributed by atoms with van der Waals surface area (Å²) < 4.78 is 39.5. The molecule has 3 aromatic rings. The monoisotopic (exact) mass is 460 g/mol. The van der Waals surface area contributed by atoms with Crippen LogP contribution in [0.1, 0.15) is 15.9 Å². The summed E-state index contributed by atoms with van der Waals surface area (Å²) in [6.07, 6.45) is -3.68. The van der Waals surface area contributed by atoms with Gasteiger partial charge in [-0.3, -0.25) is 29.1 Å². The normalized spacial score (nSPS) is 11.0. The number of aromatic nitrogens is 1. The van der Waals surface area contributed by atoms with E-state index >= 15 is 0 Å². The zero-order valence-electron chi connectivity index (χ0n) is 16.6. The lowest BCUT2D eigenvalue weighted by atomic mass is 10.1. The minimum absolute atomic E-state index is 0.0328. The molecule has 2 aromatic carbocycles. The van der Waals surface area contributed by atoms with Crippen molar-refractivity contribution in [3.63, 3.8) is 0 Å². The lowest BCUT2D eigenvalue weighted by Crippen LogP contribution is -2.27. The Hall–Kier alpha value is -4.48. The molecule has 1 heterocycles. The third kappa shape index (κ3) is 5.81. The van der Waals surface area contributed by atoms with Crippen LogP contribution in [0, 0.1) is 10.1 Å². The van der Waals surface area contributed by atoms with Crippen LogP contribution in [0.15, 0.2) is 71.7 Å². The van der Waals surface area contributed by atoms with Crippen molar-refractivity contribution in [1.29, 1.82) is 0 Å². The van der Waals surface area contributed by atoms with E-state index in [1.807, 2.05) is 0 Å². The first-order valence-electron chi connectivity index (χ1n) is 9.27. The first-order valence-corrected chi connectivity index (χ1v) is 9.27. The van der Waals surface area contributed by atoms with Crippen LogP contribution in [0.25, 0.3) is 0 Å². The zero-order chi connectivity index (χ0) is 24.2. The molecule has 0 aliphatic carbocycles. The molecule has 3 rings (SSSR count). The van der Waals surface area contributed by atoms with Gasteiger partial charge in [0, 0.05) is 17.8 Å². The summed E-state index contributed by atoms with van der Waals surface area (Å²) >= 11 is 0. The Morgan fingerprint density at radius 1 is 1.00 bits per heavy atom. The second-order valence-electron chi connectivity index (χ2n) is 6.74. The van der Waals surface area contributed by atoms with Gasteiger partial charge in [0.2, 0.25) is 5.91 Å². The summed E-state index contributed by atoms with van der Waals surface area (Å²) in [4.78, 5) is 47.1. The van der Waals surface area contributed by atoms with Crippen LogP contribution in [-0.4, -0.2) is 21.3 Å². The molecule has 9 nitrogen and oxygen atoms in total. The fourth-order valence-corrected chi connectivity index (χ4v) is 2.86. The average molecular weight is 460 g/mol. The number of anilines is 2. The molecular weight excluding hydrogens is 445 g/mol. The summed E-state index contributed by atoms with van der Waals surface area (Å²) in [5.74, 6) is -1.53. The standard InChI is InChI=1S/C21H15F3N4O5/c22-21(23,24)13-4-3-5-14(10-13)25-20(31)16-6-1-2-7-17(16)26-18(29)12-27-11-15(28(32)33)8-9-19(27)30/h1-11H,12H2,(H,25,31)(H,26,29). The van der Waals surface area contributed by atoms with Crippen molar-refractivity contribution in [2.75, 3.05) is 10.6 Å². The van der Waals surface area contributed by atoms with Crippen LogP contribution in [0.3, 0.4) is 0 Å². The molecule has 170 valence electrons. The number of carbonyl (C=O) groups excluding carboxylic acids is 2. The van der Waals surface area contributed by atoms with E-state index < -0.39 is 40.6 Å². The Labute approximate surface area is 183 Å². The number of rotatable bonds is 6. The molecule has 0 aliphatic rings. The minimum Gasteiger partial charge on any atom is -0.324 e. The van der Waals surface area contributed by atoms with Crippen LogP contribution >= 0.6 is 0 Å². The minimum atomic E-state index is -4.59. The van der Waals surface area contributed by atoms with Gasteiger partial charge in [0.15, 0.2) is 0 Å². The van der Waals surface area contributed by atoms with E-state index in [0.29, 0.717) is 0 Å². The van der Waals surface area contributed by atoms with Crippen molar-refractivity contribution in [1.82, 2.24) is 4.57 Å². The van der Waals surface area contributed by atoms with Gasteiger partial charge in [-0.05, 0) is 30.3 Å². The quantitative estimate of drug-likeness (QED) is 0.429. The van der Waals surface area contributed by atoms with Gasteiger partial charge in [-0.25, -0.2) is 0 Å². The molecule has 0 saturated heterocycles. The molecule has 33 heavy (non-hydrogen) atoms. The van der Waals surface area contributed by atoms with Crippen molar-refractivity contribution in [2.24, 2.45) is 0 Å². The van der Waals surface area contributed by atoms with Crippen LogP contribution < -0.4 is 16.2 Å². The van der Waals surface area contributed by atoms with Crippen LogP contribution in [-0.2, 0) is 17.5 Å². The predicted molar refractivity (Wildman–Crippen MR) is 112 cm³/mol. The molecule has 0 radical (unpaired) electrons. The van der Waals surface area contributed by atoms with Gasteiger partial charge in [0.05, 0.1) is 27.9 Å². The highest BCUT2D eigenvalue weighted by Crippen LogP contribution is 2.31. The fourth-order valence-electron chi connectivity index (χ4n) is 2.86. The van der Waals surface area contributed by atoms with Crippen molar-refractivity contribution >= 4 is 28.9 Å². The van der Waals surface area contributed by atoms with E-state index in [9.17, 15) is 37.7 Å². The van der Waals surface area contributed by atoms with Crippen molar-refractivity contribution in [3.8, 4) is 0 Å². The number of carbonyl (C=O) groups is 2. The Morgan fingerprint density at radius 3 is 2.42 bits per heavy atom. The van der Waals surface area contributed by atoms with E-state index in [-0.39, 0.29) is 22.6 Å².